The molecule has 0 saturated heterocycles. The molecule has 7 nitrogen and oxygen atoms in total. The van der Waals surface area contributed by atoms with Gasteiger partial charge in [0, 0.05) is 72.8 Å². The standard InChI is InChI=1S/C72H47N7/c73-48-55-44-65(69-47-68(53-19-7-1-8-20-53)75-72(76-69)54-21-9-2-10-22-54)56(49-74)43-64(55)52-33-31-50(32-34-52)51-35-37-61(38-36-51)79-70-41-39-62(77(57-23-11-3-12-24-57)58-25-13-4-14-26-58)45-66(70)67-46-63(40-42-71(67)79)78(59-27-15-5-16-28-59)60-29-17-6-18-30-60/h1-47H. The first kappa shape index (κ1) is 47.6. The van der Waals surface area contributed by atoms with Gasteiger partial charge in [0.2, 0.25) is 0 Å². The van der Waals surface area contributed by atoms with Crippen LogP contribution in [0.3, 0.4) is 0 Å². The third-order valence-corrected chi connectivity index (χ3v) is 14.5. The lowest BCUT2D eigenvalue weighted by molar-refractivity contribution is 1.18. The lowest BCUT2D eigenvalue weighted by Gasteiger charge is -2.26. The van der Waals surface area contributed by atoms with Crippen LogP contribution in [-0.2, 0) is 0 Å². The van der Waals surface area contributed by atoms with Crippen molar-refractivity contribution in [2.24, 2.45) is 0 Å². The Hall–Kier alpha value is -11.1. The van der Waals surface area contributed by atoms with Gasteiger partial charge in [-0.25, -0.2) is 9.97 Å². The van der Waals surface area contributed by atoms with Gasteiger partial charge in [0.05, 0.1) is 45.7 Å². The SMILES string of the molecule is N#Cc1cc(-c2cc(-c3ccccc3)nc(-c3ccccc3)n2)c(C#N)cc1-c1ccc(-c2ccc(-n3c4ccc(N(c5ccccc5)c5ccccc5)cc4c4cc(N(c5ccccc5)c5ccccc5)ccc43)cc2)cc1. The highest BCUT2D eigenvalue weighted by atomic mass is 15.1. The smallest absolute Gasteiger partial charge is 0.160 e. The zero-order valence-electron chi connectivity index (χ0n) is 42.8. The average molecular weight is 1010 g/mol. The second-order valence-electron chi connectivity index (χ2n) is 19.2. The van der Waals surface area contributed by atoms with Gasteiger partial charge >= 0.3 is 0 Å². The average Bonchev–Trinajstić information content (AvgIpc) is 4.13. The molecular weight excluding hydrogens is 963 g/mol. The molecule has 0 bridgehead atoms. The van der Waals surface area contributed by atoms with Crippen molar-refractivity contribution in [1.82, 2.24) is 14.5 Å². The maximum absolute atomic E-state index is 10.6. The minimum Gasteiger partial charge on any atom is -0.310 e. The third kappa shape index (κ3) is 9.21. The maximum atomic E-state index is 10.6. The predicted molar refractivity (Wildman–Crippen MR) is 322 cm³/mol. The zero-order chi connectivity index (χ0) is 53.1. The summed E-state index contributed by atoms with van der Waals surface area (Å²) in [6, 6.07) is 103. The molecule has 0 aliphatic rings. The van der Waals surface area contributed by atoms with E-state index in [1.807, 2.05) is 84.9 Å². The van der Waals surface area contributed by atoms with Crippen LogP contribution in [0.1, 0.15) is 11.1 Å². The van der Waals surface area contributed by atoms with Crippen molar-refractivity contribution >= 4 is 55.9 Å². The molecule has 2 aromatic heterocycles. The summed E-state index contributed by atoms with van der Waals surface area (Å²) in [5, 5.41) is 23.5. The molecule has 370 valence electrons. The van der Waals surface area contributed by atoms with Crippen molar-refractivity contribution in [2.75, 3.05) is 9.80 Å². The summed E-state index contributed by atoms with van der Waals surface area (Å²) < 4.78 is 2.36. The molecule has 0 aliphatic carbocycles. The highest BCUT2D eigenvalue weighted by Crippen LogP contribution is 2.43. The molecule has 0 atom stereocenters. The molecule has 0 spiro atoms. The summed E-state index contributed by atoms with van der Waals surface area (Å²) in [6.45, 7) is 0. The molecule has 0 amide bonds. The summed E-state index contributed by atoms with van der Waals surface area (Å²) >= 11 is 0. The van der Waals surface area contributed by atoms with E-state index in [0.29, 0.717) is 33.8 Å². The van der Waals surface area contributed by atoms with E-state index in [1.165, 1.54) is 0 Å². The first-order chi connectivity index (χ1) is 39.1. The van der Waals surface area contributed by atoms with E-state index in [4.69, 9.17) is 9.97 Å². The van der Waals surface area contributed by atoms with Gasteiger partial charge in [-0.3, -0.25) is 0 Å². The molecule has 0 fully saturated rings. The van der Waals surface area contributed by atoms with Gasteiger partial charge in [-0.15, -0.1) is 0 Å². The Morgan fingerprint density at radius 2 is 0.684 bits per heavy atom. The minimum atomic E-state index is 0.414. The number of para-hydroxylation sites is 4. The summed E-state index contributed by atoms with van der Waals surface area (Å²) in [4.78, 5) is 14.5. The van der Waals surface area contributed by atoms with E-state index < -0.39 is 0 Å². The Morgan fingerprint density at radius 1 is 0.304 bits per heavy atom. The van der Waals surface area contributed by atoms with Crippen molar-refractivity contribution in [3.8, 4) is 74.0 Å². The molecule has 0 N–H and O–H groups in total. The van der Waals surface area contributed by atoms with Gasteiger partial charge in [-0.2, -0.15) is 10.5 Å². The molecule has 11 aromatic carbocycles. The number of rotatable bonds is 12. The molecule has 0 saturated carbocycles. The van der Waals surface area contributed by atoms with E-state index in [0.717, 1.165) is 95.1 Å². The van der Waals surface area contributed by atoms with Crippen LogP contribution < -0.4 is 9.80 Å². The summed E-state index contributed by atoms with van der Waals surface area (Å²) in [7, 11) is 0. The molecule has 0 unspecified atom stereocenters. The number of nitrogens with zero attached hydrogens (tertiary/aromatic N) is 7. The van der Waals surface area contributed by atoms with Gasteiger partial charge in [-0.05, 0) is 132 Å². The van der Waals surface area contributed by atoms with Crippen LogP contribution in [0.15, 0.2) is 285 Å². The second kappa shape index (κ2) is 20.9. The summed E-state index contributed by atoms with van der Waals surface area (Å²) in [6.07, 6.45) is 0. The number of nitriles is 2. The first-order valence-electron chi connectivity index (χ1n) is 26.2. The lowest BCUT2D eigenvalue weighted by Crippen LogP contribution is -2.09. The Balaban J connectivity index is 0.874. The van der Waals surface area contributed by atoms with Crippen molar-refractivity contribution in [2.45, 2.75) is 0 Å². The molecule has 13 aromatic rings. The van der Waals surface area contributed by atoms with Crippen LogP contribution in [0.2, 0.25) is 0 Å². The minimum absolute atomic E-state index is 0.414. The molecule has 7 heteroatoms. The molecule has 79 heavy (non-hydrogen) atoms. The zero-order valence-corrected chi connectivity index (χ0v) is 42.8. The molecule has 0 radical (unpaired) electrons. The largest absolute Gasteiger partial charge is 0.310 e. The summed E-state index contributed by atoms with van der Waals surface area (Å²) in [5.74, 6) is 0.537. The quantitative estimate of drug-likeness (QED) is 0.121. The molecule has 13 rings (SSSR count). The highest BCUT2D eigenvalue weighted by molar-refractivity contribution is 6.12. The number of hydrogen-bond donors (Lipinski definition) is 0. The predicted octanol–water partition coefficient (Wildman–Crippen LogP) is 18.6. The van der Waals surface area contributed by atoms with Gasteiger partial charge in [0.15, 0.2) is 5.82 Å². The van der Waals surface area contributed by atoms with E-state index in [9.17, 15) is 10.5 Å². The monoisotopic (exact) mass is 1010 g/mol. The van der Waals surface area contributed by atoms with Gasteiger partial charge < -0.3 is 14.4 Å². The molecule has 0 aliphatic heterocycles. The van der Waals surface area contributed by atoms with Crippen LogP contribution in [0, 0.1) is 22.7 Å². The number of aromatic nitrogens is 3. The number of benzene rings is 11. The fraction of sp³-hybridized carbons (Fsp3) is 0. The van der Waals surface area contributed by atoms with Crippen LogP contribution >= 0.6 is 0 Å². The fourth-order valence-corrected chi connectivity index (χ4v) is 10.7. The molecular formula is C72H47N7. The van der Waals surface area contributed by atoms with Crippen molar-refractivity contribution in [1.29, 1.82) is 10.5 Å². The van der Waals surface area contributed by atoms with Gasteiger partial charge in [-0.1, -0.05) is 170 Å². The van der Waals surface area contributed by atoms with Crippen molar-refractivity contribution in [3.63, 3.8) is 0 Å². The lowest BCUT2D eigenvalue weighted by atomic mass is 9.92. The van der Waals surface area contributed by atoms with E-state index >= 15 is 0 Å². The van der Waals surface area contributed by atoms with Crippen molar-refractivity contribution in [3.05, 3.63) is 296 Å². The van der Waals surface area contributed by atoms with E-state index in [2.05, 4.69) is 221 Å². The van der Waals surface area contributed by atoms with E-state index in [-0.39, 0.29) is 0 Å². The Labute approximate surface area is 458 Å². The van der Waals surface area contributed by atoms with Crippen LogP contribution in [0.5, 0.6) is 0 Å². The molecule has 2 heterocycles. The number of hydrogen-bond acceptors (Lipinski definition) is 6. The Kier molecular flexibility index (Phi) is 12.6. The van der Waals surface area contributed by atoms with E-state index in [1.54, 1.807) is 6.07 Å². The van der Waals surface area contributed by atoms with Crippen LogP contribution in [0.4, 0.5) is 34.1 Å². The Bertz CT molecular complexity index is 4120. The summed E-state index contributed by atoms with van der Waals surface area (Å²) in [5.41, 5.74) is 17.7. The van der Waals surface area contributed by atoms with Gasteiger partial charge in [0.1, 0.15) is 0 Å². The van der Waals surface area contributed by atoms with Gasteiger partial charge in [0.25, 0.3) is 0 Å². The van der Waals surface area contributed by atoms with Crippen LogP contribution in [0.25, 0.3) is 83.6 Å². The first-order valence-corrected chi connectivity index (χ1v) is 26.2. The maximum Gasteiger partial charge on any atom is 0.160 e. The topological polar surface area (TPSA) is 84.8 Å². The second-order valence-corrected chi connectivity index (χ2v) is 19.2. The number of anilines is 6. The highest BCUT2D eigenvalue weighted by Gasteiger charge is 2.22. The third-order valence-electron chi connectivity index (χ3n) is 14.5. The number of fused-ring (bicyclic) bond motifs is 3. The van der Waals surface area contributed by atoms with Crippen LogP contribution in [-0.4, -0.2) is 14.5 Å². The fourth-order valence-electron chi connectivity index (χ4n) is 10.7. The Morgan fingerprint density at radius 3 is 1.14 bits per heavy atom. The van der Waals surface area contributed by atoms with Crippen molar-refractivity contribution < 1.29 is 0 Å². The normalized spacial score (nSPS) is 11.0.